The van der Waals surface area contributed by atoms with Gasteiger partial charge in [-0.1, -0.05) is 41.6 Å². The number of amides is 1. The summed E-state index contributed by atoms with van der Waals surface area (Å²) in [6, 6.07) is 9.19. The molecule has 5 heteroatoms. The van der Waals surface area contributed by atoms with Crippen molar-refractivity contribution in [3.63, 3.8) is 0 Å². The van der Waals surface area contributed by atoms with Crippen molar-refractivity contribution in [2.75, 3.05) is 6.54 Å². The van der Waals surface area contributed by atoms with Crippen molar-refractivity contribution in [1.29, 1.82) is 0 Å². The molecule has 0 unspecified atom stereocenters. The number of thiophene rings is 1. The van der Waals surface area contributed by atoms with Crippen LogP contribution in [0.3, 0.4) is 0 Å². The molecule has 0 radical (unpaired) electrons. The number of halogens is 1. The van der Waals surface area contributed by atoms with Crippen molar-refractivity contribution in [3.05, 3.63) is 56.7 Å². The number of hydrogen-bond acceptors (Lipinski definition) is 3. The quantitative estimate of drug-likeness (QED) is 0.857. The summed E-state index contributed by atoms with van der Waals surface area (Å²) in [7, 11) is 0. The molecule has 0 atom stereocenters. The van der Waals surface area contributed by atoms with E-state index in [1.165, 1.54) is 11.3 Å². The molecule has 1 aromatic heterocycles. The Kier molecular flexibility index (Phi) is 5.19. The zero-order valence-corrected chi connectivity index (χ0v) is 12.2. The van der Waals surface area contributed by atoms with Crippen molar-refractivity contribution in [2.45, 2.75) is 6.54 Å². The summed E-state index contributed by atoms with van der Waals surface area (Å²) in [6.07, 6.45) is 0. The Hall–Kier alpha value is -1.80. The van der Waals surface area contributed by atoms with Crippen LogP contribution in [0, 0.1) is 11.8 Å². The molecule has 20 heavy (non-hydrogen) atoms. The van der Waals surface area contributed by atoms with E-state index >= 15 is 0 Å². The fraction of sp³-hybridized carbons (Fsp3) is 0.133. The third-order valence-corrected chi connectivity index (χ3v) is 3.79. The Morgan fingerprint density at radius 3 is 2.95 bits per heavy atom. The van der Waals surface area contributed by atoms with E-state index < -0.39 is 0 Å². The maximum absolute atomic E-state index is 12.0. The summed E-state index contributed by atoms with van der Waals surface area (Å²) >= 11 is 7.46. The summed E-state index contributed by atoms with van der Waals surface area (Å²) in [5, 5.41) is 5.26. The maximum atomic E-state index is 12.0. The van der Waals surface area contributed by atoms with Crippen LogP contribution in [0.2, 0.25) is 5.02 Å². The first-order chi connectivity index (χ1) is 9.70. The van der Waals surface area contributed by atoms with Crippen molar-refractivity contribution >= 4 is 28.8 Å². The Morgan fingerprint density at radius 1 is 1.40 bits per heavy atom. The maximum Gasteiger partial charge on any atom is 0.252 e. The van der Waals surface area contributed by atoms with Gasteiger partial charge in [-0.2, -0.15) is 0 Å². The van der Waals surface area contributed by atoms with Gasteiger partial charge in [-0.25, -0.2) is 0 Å². The molecule has 1 amide bonds. The van der Waals surface area contributed by atoms with Crippen molar-refractivity contribution < 1.29 is 4.79 Å². The minimum Gasteiger partial charge on any atom is -0.348 e. The first-order valence-corrected chi connectivity index (χ1v) is 7.25. The summed E-state index contributed by atoms with van der Waals surface area (Å²) < 4.78 is 0. The van der Waals surface area contributed by atoms with Crippen LogP contribution in [-0.4, -0.2) is 12.5 Å². The fourth-order valence-electron chi connectivity index (χ4n) is 1.58. The van der Waals surface area contributed by atoms with Crippen LogP contribution in [-0.2, 0) is 6.54 Å². The van der Waals surface area contributed by atoms with Gasteiger partial charge in [-0.3, -0.25) is 4.79 Å². The summed E-state index contributed by atoms with van der Waals surface area (Å²) in [6.45, 7) is 0.712. The average molecular weight is 305 g/mol. The molecule has 0 aliphatic rings. The standard InChI is InChI=1S/C15H13ClN2OS/c16-14-6-2-1-4-11(14)9-18-15(19)12-8-13(20-10-12)5-3-7-17/h1-2,4,6,8,10H,7,9,17H2,(H,18,19). The van der Waals surface area contributed by atoms with E-state index in [1.54, 1.807) is 17.5 Å². The van der Waals surface area contributed by atoms with Crippen LogP contribution in [0.1, 0.15) is 20.8 Å². The van der Waals surface area contributed by atoms with Gasteiger partial charge in [0.1, 0.15) is 0 Å². The summed E-state index contributed by atoms with van der Waals surface area (Å²) in [4.78, 5) is 12.8. The number of hydrogen-bond donors (Lipinski definition) is 2. The molecule has 0 bridgehead atoms. The van der Waals surface area contributed by atoms with Gasteiger partial charge in [0.2, 0.25) is 0 Å². The highest BCUT2D eigenvalue weighted by atomic mass is 35.5. The van der Waals surface area contributed by atoms with Crippen LogP contribution < -0.4 is 11.1 Å². The molecule has 3 nitrogen and oxygen atoms in total. The van der Waals surface area contributed by atoms with Crippen molar-refractivity contribution in [2.24, 2.45) is 5.73 Å². The fourth-order valence-corrected chi connectivity index (χ4v) is 2.54. The lowest BCUT2D eigenvalue weighted by Gasteiger charge is -2.05. The molecule has 102 valence electrons. The number of benzene rings is 1. The van der Waals surface area contributed by atoms with Crippen LogP contribution in [0.15, 0.2) is 35.7 Å². The highest BCUT2D eigenvalue weighted by Crippen LogP contribution is 2.16. The normalized spacial score (nSPS) is 9.70. The summed E-state index contributed by atoms with van der Waals surface area (Å²) in [5.41, 5.74) is 6.80. The third kappa shape index (κ3) is 3.84. The van der Waals surface area contributed by atoms with Gasteiger partial charge in [0.25, 0.3) is 5.91 Å². The largest absolute Gasteiger partial charge is 0.348 e. The van der Waals surface area contributed by atoms with E-state index in [1.807, 2.05) is 18.2 Å². The predicted octanol–water partition coefficient (Wildman–Crippen LogP) is 2.64. The molecule has 2 rings (SSSR count). The molecule has 0 fully saturated rings. The van der Waals surface area contributed by atoms with Crippen molar-refractivity contribution in [1.82, 2.24) is 5.32 Å². The van der Waals surface area contributed by atoms with E-state index in [4.69, 9.17) is 17.3 Å². The second-order valence-electron chi connectivity index (χ2n) is 3.98. The minimum absolute atomic E-state index is 0.137. The van der Waals surface area contributed by atoms with Gasteiger partial charge in [0.15, 0.2) is 0 Å². The Balaban J connectivity index is 1.98. The van der Waals surface area contributed by atoms with Gasteiger partial charge < -0.3 is 11.1 Å². The molecule has 0 saturated heterocycles. The molecule has 1 aromatic carbocycles. The molecular weight excluding hydrogens is 292 g/mol. The van der Waals surface area contributed by atoms with E-state index in [9.17, 15) is 4.79 Å². The monoisotopic (exact) mass is 304 g/mol. The molecule has 0 aliphatic heterocycles. The lowest BCUT2D eigenvalue weighted by Crippen LogP contribution is -2.22. The number of nitrogens with one attached hydrogen (secondary N) is 1. The second kappa shape index (κ2) is 7.11. The van der Waals surface area contributed by atoms with E-state index in [2.05, 4.69) is 17.2 Å². The van der Waals surface area contributed by atoms with Gasteiger partial charge in [0.05, 0.1) is 17.0 Å². The molecule has 0 saturated carbocycles. The lowest BCUT2D eigenvalue weighted by molar-refractivity contribution is 0.0951. The first-order valence-electron chi connectivity index (χ1n) is 6.00. The molecule has 2 aromatic rings. The van der Waals surface area contributed by atoms with Gasteiger partial charge >= 0.3 is 0 Å². The topological polar surface area (TPSA) is 55.1 Å². The van der Waals surface area contributed by atoms with E-state index in [-0.39, 0.29) is 5.91 Å². The number of carbonyl (C=O) groups is 1. The van der Waals surface area contributed by atoms with Crippen molar-refractivity contribution in [3.8, 4) is 11.8 Å². The highest BCUT2D eigenvalue weighted by Gasteiger charge is 2.08. The van der Waals surface area contributed by atoms with Crippen LogP contribution >= 0.6 is 22.9 Å². The highest BCUT2D eigenvalue weighted by molar-refractivity contribution is 7.10. The van der Waals surface area contributed by atoms with Gasteiger partial charge in [0, 0.05) is 16.9 Å². The van der Waals surface area contributed by atoms with Crippen LogP contribution in [0.5, 0.6) is 0 Å². The number of nitrogens with two attached hydrogens (primary N) is 1. The molecule has 1 heterocycles. The zero-order valence-electron chi connectivity index (χ0n) is 10.7. The minimum atomic E-state index is -0.137. The van der Waals surface area contributed by atoms with Crippen LogP contribution in [0.25, 0.3) is 0 Å². The molecule has 0 aliphatic carbocycles. The SMILES string of the molecule is NCC#Cc1cc(C(=O)NCc2ccccc2Cl)cs1. The zero-order chi connectivity index (χ0) is 14.4. The molecular formula is C15H13ClN2OS. The molecule has 3 N–H and O–H groups in total. The van der Waals surface area contributed by atoms with E-state index in [0.717, 1.165) is 10.4 Å². The summed E-state index contributed by atoms with van der Waals surface area (Å²) in [5.74, 6) is 5.53. The van der Waals surface area contributed by atoms with Crippen LogP contribution in [0.4, 0.5) is 0 Å². The Labute approximate surface area is 126 Å². The number of carbonyl (C=O) groups excluding carboxylic acids is 1. The molecule has 0 spiro atoms. The third-order valence-electron chi connectivity index (χ3n) is 2.57. The predicted molar refractivity (Wildman–Crippen MR) is 82.9 cm³/mol. The lowest BCUT2D eigenvalue weighted by atomic mass is 10.2. The number of rotatable bonds is 3. The first kappa shape index (κ1) is 14.6. The van der Waals surface area contributed by atoms with Gasteiger partial charge in [-0.15, -0.1) is 11.3 Å². The Bertz CT molecular complexity index is 670. The van der Waals surface area contributed by atoms with E-state index in [0.29, 0.717) is 23.7 Å². The smallest absolute Gasteiger partial charge is 0.252 e. The Morgan fingerprint density at radius 2 is 2.20 bits per heavy atom. The average Bonchev–Trinajstić information content (AvgIpc) is 2.93. The second-order valence-corrected chi connectivity index (χ2v) is 5.30. The van der Waals surface area contributed by atoms with Gasteiger partial charge in [-0.05, 0) is 17.7 Å².